The second-order valence-electron chi connectivity index (χ2n) is 4.02. The van der Waals surface area contributed by atoms with E-state index >= 15 is 0 Å². The molecule has 5 nitrogen and oxygen atoms in total. The van der Waals surface area contributed by atoms with Gasteiger partial charge in [-0.2, -0.15) is 5.26 Å². The molecule has 1 aromatic carbocycles. The highest BCUT2D eigenvalue weighted by atomic mass is 16.5. The molecule has 0 heterocycles. The first-order chi connectivity index (χ1) is 9.13. The van der Waals surface area contributed by atoms with Crippen molar-refractivity contribution in [3.63, 3.8) is 0 Å². The minimum Gasteiger partial charge on any atom is -0.496 e. The lowest BCUT2D eigenvalue weighted by atomic mass is 10.1. The molecule has 0 aromatic heterocycles. The van der Waals surface area contributed by atoms with Gasteiger partial charge in [-0.1, -0.05) is 0 Å². The molecule has 102 valence electrons. The second kappa shape index (κ2) is 7.27. The molecule has 0 saturated carbocycles. The van der Waals surface area contributed by atoms with E-state index in [2.05, 4.69) is 5.32 Å². The Bertz CT molecular complexity index is 492. The maximum Gasteiger partial charge on any atom is 0.221 e. The van der Waals surface area contributed by atoms with E-state index in [4.69, 9.17) is 14.7 Å². The molecule has 0 radical (unpaired) electrons. The van der Waals surface area contributed by atoms with Gasteiger partial charge >= 0.3 is 0 Å². The summed E-state index contributed by atoms with van der Waals surface area (Å²) in [5.74, 6) is 1.31. The maximum absolute atomic E-state index is 11.5. The number of nitrogens with one attached hydrogen (secondary N) is 1. The summed E-state index contributed by atoms with van der Waals surface area (Å²) < 4.78 is 10.6. The van der Waals surface area contributed by atoms with Crippen molar-refractivity contribution in [1.82, 2.24) is 5.32 Å². The Balaban J connectivity index is 2.76. The van der Waals surface area contributed by atoms with E-state index in [0.29, 0.717) is 12.3 Å². The number of hydrogen-bond donors (Lipinski definition) is 1. The van der Waals surface area contributed by atoms with Crippen LogP contribution in [-0.4, -0.2) is 20.1 Å². The van der Waals surface area contributed by atoms with Gasteiger partial charge in [-0.15, -0.1) is 0 Å². The van der Waals surface area contributed by atoms with Gasteiger partial charge in [-0.3, -0.25) is 4.79 Å². The molecule has 0 spiro atoms. The molecule has 0 saturated heterocycles. The molecule has 1 aromatic rings. The van der Waals surface area contributed by atoms with Crippen LogP contribution in [0.2, 0.25) is 0 Å². The summed E-state index contributed by atoms with van der Waals surface area (Å²) in [5.41, 5.74) is 1.78. The van der Waals surface area contributed by atoms with Crippen LogP contribution in [0.3, 0.4) is 0 Å². The lowest BCUT2D eigenvalue weighted by Gasteiger charge is -2.14. The van der Waals surface area contributed by atoms with Crippen molar-refractivity contribution in [3.05, 3.63) is 23.3 Å². The first kappa shape index (κ1) is 14.8. The number of carbonyl (C=O) groups excluding carboxylic acids is 1. The molecule has 0 atom stereocenters. The van der Waals surface area contributed by atoms with Crippen LogP contribution in [0.5, 0.6) is 11.5 Å². The Hall–Kier alpha value is -2.22. The fraction of sp³-hybridized carbons (Fsp3) is 0.429. The SMILES string of the molecule is COc1ccc(CNC(=O)CCC#N)c(OC)c1C. The van der Waals surface area contributed by atoms with Crippen molar-refractivity contribution in [2.75, 3.05) is 14.2 Å². The molecule has 0 bridgehead atoms. The molecule has 0 aliphatic heterocycles. The third kappa shape index (κ3) is 3.88. The summed E-state index contributed by atoms with van der Waals surface area (Å²) in [4.78, 5) is 11.5. The van der Waals surface area contributed by atoms with Gasteiger partial charge in [0.2, 0.25) is 5.91 Å². The van der Waals surface area contributed by atoms with Gasteiger partial charge in [0.1, 0.15) is 11.5 Å². The Kier molecular flexibility index (Phi) is 5.68. The monoisotopic (exact) mass is 262 g/mol. The molecule has 1 rings (SSSR count). The molecular formula is C14H18N2O3. The number of nitrogens with zero attached hydrogens (tertiary/aromatic N) is 1. The molecule has 1 amide bonds. The standard InChI is InChI=1S/C14H18N2O3/c1-10-12(18-2)7-6-11(14(10)19-3)9-16-13(17)5-4-8-15/h6-7H,4-5,9H2,1-3H3,(H,16,17). The van der Waals surface area contributed by atoms with E-state index in [1.54, 1.807) is 14.2 Å². The Morgan fingerprint density at radius 1 is 1.37 bits per heavy atom. The van der Waals surface area contributed by atoms with E-state index in [-0.39, 0.29) is 18.7 Å². The first-order valence-corrected chi connectivity index (χ1v) is 5.98. The number of ether oxygens (including phenoxy) is 2. The van der Waals surface area contributed by atoms with E-state index in [0.717, 1.165) is 16.9 Å². The molecule has 0 unspecified atom stereocenters. The largest absolute Gasteiger partial charge is 0.496 e. The number of hydrogen-bond acceptors (Lipinski definition) is 4. The Morgan fingerprint density at radius 2 is 2.11 bits per heavy atom. The zero-order valence-corrected chi connectivity index (χ0v) is 11.4. The fourth-order valence-corrected chi connectivity index (χ4v) is 1.83. The minimum absolute atomic E-state index is 0.142. The number of amides is 1. The number of carbonyl (C=O) groups is 1. The number of methoxy groups -OCH3 is 2. The average Bonchev–Trinajstić information content (AvgIpc) is 2.42. The Labute approximate surface area is 113 Å². The maximum atomic E-state index is 11.5. The van der Waals surface area contributed by atoms with Crippen molar-refractivity contribution in [1.29, 1.82) is 5.26 Å². The average molecular weight is 262 g/mol. The first-order valence-electron chi connectivity index (χ1n) is 5.98. The molecule has 0 aliphatic rings. The third-order valence-electron chi connectivity index (χ3n) is 2.80. The summed E-state index contributed by atoms with van der Waals surface area (Å²) in [5, 5.41) is 11.2. The van der Waals surface area contributed by atoms with E-state index < -0.39 is 0 Å². The number of rotatable bonds is 6. The van der Waals surface area contributed by atoms with Crippen molar-refractivity contribution in [2.45, 2.75) is 26.3 Å². The van der Waals surface area contributed by atoms with Crippen LogP contribution in [0.25, 0.3) is 0 Å². The quantitative estimate of drug-likeness (QED) is 0.850. The minimum atomic E-state index is -0.142. The van der Waals surface area contributed by atoms with Crippen LogP contribution in [0, 0.1) is 18.3 Å². The second-order valence-corrected chi connectivity index (χ2v) is 4.02. The van der Waals surface area contributed by atoms with Gasteiger partial charge in [0.05, 0.1) is 20.3 Å². The van der Waals surface area contributed by atoms with Gasteiger partial charge in [0.25, 0.3) is 0 Å². The molecule has 1 N–H and O–H groups in total. The normalized spacial score (nSPS) is 9.58. The topological polar surface area (TPSA) is 71.3 Å². The summed E-state index contributed by atoms with van der Waals surface area (Å²) in [6.45, 7) is 2.27. The smallest absolute Gasteiger partial charge is 0.221 e. The molecule has 19 heavy (non-hydrogen) atoms. The van der Waals surface area contributed by atoms with Gasteiger partial charge in [-0.05, 0) is 19.1 Å². The Morgan fingerprint density at radius 3 is 2.68 bits per heavy atom. The van der Waals surface area contributed by atoms with Crippen LogP contribution < -0.4 is 14.8 Å². The van der Waals surface area contributed by atoms with Gasteiger partial charge in [0, 0.05) is 30.5 Å². The van der Waals surface area contributed by atoms with Crippen LogP contribution in [0.4, 0.5) is 0 Å². The summed E-state index contributed by atoms with van der Waals surface area (Å²) >= 11 is 0. The van der Waals surface area contributed by atoms with E-state index in [9.17, 15) is 4.79 Å². The third-order valence-corrected chi connectivity index (χ3v) is 2.80. The summed E-state index contributed by atoms with van der Waals surface area (Å²) in [7, 11) is 3.19. The van der Waals surface area contributed by atoms with Crippen LogP contribution in [-0.2, 0) is 11.3 Å². The molecule has 0 fully saturated rings. The number of nitriles is 1. The van der Waals surface area contributed by atoms with Crippen LogP contribution >= 0.6 is 0 Å². The van der Waals surface area contributed by atoms with E-state index in [1.165, 1.54) is 0 Å². The van der Waals surface area contributed by atoms with Crippen LogP contribution in [0.15, 0.2) is 12.1 Å². The van der Waals surface area contributed by atoms with Crippen molar-refractivity contribution in [2.24, 2.45) is 0 Å². The fourth-order valence-electron chi connectivity index (χ4n) is 1.83. The van der Waals surface area contributed by atoms with Crippen LogP contribution in [0.1, 0.15) is 24.0 Å². The van der Waals surface area contributed by atoms with Crippen molar-refractivity contribution in [3.8, 4) is 17.6 Å². The predicted molar refractivity (Wildman–Crippen MR) is 71.0 cm³/mol. The lowest BCUT2D eigenvalue weighted by molar-refractivity contribution is -0.121. The highest BCUT2D eigenvalue weighted by Gasteiger charge is 2.11. The molecule has 0 aliphatic carbocycles. The zero-order valence-electron chi connectivity index (χ0n) is 11.4. The van der Waals surface area contributed by atoms with Gasteiger partial charge < -0.3 is 14.8 Å². The van der Waals surface area contributed by atoms with Gasteiger partial charge in [0.15, 0.2) is 0 Å². The zero-order chi connectivity index (χ0) is 14.3. The van der Waals surface area contributed by atoms with Gasteiger partial charge in [-0.25, -0.2) is 0 Å². The molecule has 5 heteroatoms. The van der Waals surface area contributed by atoms with Crippen molar-refractivity contribution < 1.29 is 14.3 Å². The van der Waals surface area contributed by atoms with Crippen molar-refractivity contribution >= 4 is 5.91 Å². The molecular weight excluding hydrogens is 244 g/mol. The highest BCUT2D eigenvalue weighted by Crippen LogP contribution is 2.31. The predicted octanol–water partition coefficient (Wildman–Crippen LogP) is 1.93. The summed E-state index contributed by atoms with van der Waals surface area (Å²) in [6.07, 6.45) is 0.443. The number of benzene rings is 1. The lowest BCUT2D eigenvalue weighted by Crippen LogP contribution is -2.22. The summed E-state index contributed by atoms with van der Waals surface area (Å²) in [6, 6.07) is 5.64. The van der Waals surface area contributed by atoms with E-state index in [1.807, 2.05) is 25.1 Å². The highest BCUT2D eigenvalue weighted by molar-refractivity contribution is 5.76.